The zero-order valence-electron chi connectivity index (χ0n) is 17.7. The fourth-order valence-electron chi connectivity index (χ4n) is 4.01. The van der Waals surface area contributed by atoms with Crippen molar-refractivity contribution in [3.05, 3.63) is 35.5 Å². The Balaban J connectivity index is 0.00000280. The Morgan fingerprint density at radius 1 is 1.25 bits per heavy atom. The van der Waals surface area contributed by atoms with Gasteiger partial charge in [-0.3, -0.25) is 4.99 Å². The molecule has 2 aromatic rings. The van der Waals surface area contributed by atoms with Gasteiger partial charge in [0.1, 0.15) is 0 Å². The van der Waals surface area contributed by atoms with Crippen LogP contribution in [-0.4, -0.2) is 54.1 Å². The van der Waals surface area contributed by atoms with Crippen molar-refractivity contribution in [3.63, 3.8) is 0 Å². The van der Waals surface area contributed by atoms with Crippen LogP contribution in [-0.2, 0) is 6.42 Å². The highest BCUT2D eigenvalue weighted by atomic mass is 127. The molecule has 28 heavy (non-hydrogen) atoms. The van der Waals surface area contributed by atoms with Gasteiger partial charge in [-0.05, 0) is 58.6 Å². The fourth-order valence-corrected chi connectivity index (χ4v) is 4.01. The summed E-state index contributed by atoms with van der Waals surface area (Å²) in [7, 11) is 0. The first-order valence-corrected chi connectivity index (χ1v) is 10.4. The van der Waals surface area contributed by atoms with Crippen LogP contribution in [0.3, 0.4) is 0 Å². The molecule has 156 valence electrons. The van der Waals surface area contributed by atoms with Crippen molar-refractivity contribution in [2.75, 3.05) is 26.2 Å². The number of rotatable bonds is 6. The van der Waals surface area contributed by atoms with Crippen molar-refractivity contribution >= 4 is 40.8 Å². The molecule has 2 heterocycles. The lowest BCUT2D eigenvalue weighted by Gasteiger charge is -2.35. The summed E-state index contributed by atoms with van der Waals surface area (Å²) in [6.45, 7) is 12.9. The van der Waals surface area contributed by atoms with Gasteiger partial charge in [0.15, 0.2) is 5.96 Å². The number of para-hydroxylation sites is 1. The second kappa shape index (κ2) is 11.0. The number of aryl methyl sites for hydroxylation is 1. The predicted octanol–water partition coefficient (Wildman–Crippen LogP) is 4.06. The summed E-state index contributed by atoms with van der Waals surface area (Å²) < 4.78 is 0. The van der Waals surface area contributed by atoms with Crippen molar-refractivity contribution in [2.45, 2.75) is 59.0 Å². The van der Waals surface area contributed by atoms with Crippen molar-refractivity contribution in [1.82, 2.24) is 20.5 Å². The standard InChI is InChI=1S/C22H35N5.HI/c1-5-23-22(26-18-11-14-27(15-12-18)16(2)3)24-13-10-19-17(4)25-21-9-7-6-8-20(19)21;/h6-9,16,18,25H,5,10-15H2,1-4H3,(H2,23,24,26);1H. The van der Waals surface area contributed by atoms with E-state index >= 15 is 0 Å². The Morgan fingerprint density at radius 3 is 2.64 bits per heavy atom. The van der Waals surface area contributed by atoms with Gasteiger partial charge in [0.05, 0.1) is 0 Å². The first-order chi connectivity index (χ1) is 13.1. The Morgan fingerprint density at radius 2 is 1.96 bits per heavy atom. The number of fused-ring (bicyclic) bond motifs is 1. The highest BCUT2D eigenvalue weighted by Gasteiger charge is 2.21. The largest absolute Gasteiger partial charge is 0.358 e. The van der Waals surface area contributed by atoms with Gasteiger partial charge in [-0.1, -0.05) is 18.2 Å². The lowest BCUT2D eigenvalue weighted by molar-refractivity contribution is 0.167. The molecule has 0 radical (unpaired) electrons. The van der Waals surface area contributed by atoms with Gasteiger partial charge < -0.3 is 20.5 Å². The molecule has 5 nitrogen and oxygen atoms in total. The van der Waals surface area contributed by atoms with Crippen molar-refractivity contribution in [1.29, 1.82) is 0 Å². The average molecular weight is 497 g/mol. The molecule has 3 N–H and O–H groups in total. The van der Waals surface area contributed by atoms with Crippen LogP contribution in [0.2, 0.25) is 0 Å². The Hall–Kier alpha value is -1.28. The first-order valence-electron chi connectivity index (χ1n) is 10.4. The van der Waals surface area contributed by atoms with Gasteiger partial charge in [0.25, 0.3) is 0 Å². The molecule has 0 saturated carbocycles. The SMILES string of the molecule is CCNC(=NCCc1c(C)[nH]c2ccccc12)NC1CCN(C(C)C)CC1.I. The van der Waals surface area contributed by atoms with Crippen LogP contribution in [0.5, 0.6) is 0 Å². The van der Waals surface area contributed by atoms with Crippen LogP contribution in [0.1, 0.15) is 44.9 Å². The molecule has 0 atom stereocenters. The third-order valence-electron chi connectivity index (χ3n) is 5.60. The highest BCUT2D eigenvalue weighted by Crippen LogP contribution is 2.22. The van der Waals surface area contributed by atoms with Gasteiger partial charge in [-0.25, -0.2) is 0 Å². The Kier molecular flexibility index (Phi) is 9.08. The normalized spacial score (nSPS) is 16.4. The minimum atomic E-state index is 0. The number of aromatic nitrogens is 1. The lowest BCUT2D eigenvalue weighted by atomic mass is 10.0. The molecule has 1 aliphatic rings. The van der Waals surface area contributed by atoms with E-state index in [0.717, 1.165) is 25.5 Å². The number of nitrogens with zero attached hydrogens (tertiary/aromatic N) is 2. The minimum Gasteiger partial charge on any atom is -0.358 e. The Bertz CT molecular complexity index is 759. The van der Waals surface area contributed by atoms with E-state index in [1.165, 1.54) is 48.1 Å². The molecular formula is C22H36IN5. The second-order valence-corrected chi connectivity index (χ2v) is 7.83. The molecule has 0 amide bonds. The molecule has 1 fully saturated rings. The molecule has 0 spiro atoms. The van der Waals surface area contributed by atoms with Crippen molar-refractivity contribution in [2.24, 2.45) is 4.99 Å². The molecule has 0 unspecified atom stereocenters. The van der Waals surface area contributed by atoms with Crippen LogP contribution in [0.4, 0.5) is 0 Å². The van der Waals surface area contributed by atoms with Crippen LogP contribution in [0.25, 0.3) is 10.9 Å². The molecule has 1 aliphatic heterocycles. The lowest BCUT2D eigenvalue weighted by Crippen LogP contribution is -2.49. The first kappa shape index (κ1) is 23.0. The van der Waals surface area contributed by atoms with E-state index in [-0.39, 0.29) is 24.0 Å². The summed E-state index contributed by atoms with van der Waals surface area (Å²) in [5.41, 5.74) is 3.86. The number of likely N-dealkylation sites (tertiary alicyclic amines) is 1. The zero-order chi connectivity index (χ0) is 19.2. The fraction of sp³-hybridized carbons (Fsp3) is 0.591. The summed E-state index contributed by atoms with van der Waals surface area (Å²) in [6, 6.07) is 9.70. The van der Waals surface area contributed by atoms with Crippen LogP contribution in [0.15, 0.2) is 29.3 Å². The number of aliphatic imine (C=N–C) groups is 1. The van der Waals surface area contributed by atoms with Gasteiger partial charge >= 0.3 is 0 Å². The van der Waals surface area contributed by atoms with E-state index in [0.29, 0.717) is 12.1 Å². The summed E-state index contributed by atoms with van der Waals surface area (Å²) in [5.74, 6) is 0.956. The minimum absolute atomic E-state index is 0. The van der Waals surface area contributed by atoms with Gasteiger partial charge in [0.2, 0.25) is 0 Å². The van der Waals surface area contributed by atoms with Gasteiger partial charge in [-0.15, -0.1) is 24.0 Å². The highest BCUT2D eigenvalue weighted by molar-refractivity contribution is 14.0. The van der Waals surface area contributed by atoms with E-state index in [9.17, 15) is 0 Å². The molecule has 1 saturated heterocycles. The third-order valence-corrected chi connectivity index (χ3v) is 5.60. The summed E-state index contributed by atoms with van der Waals surface area (Å²) in [4.78, 5) is 10.9. The number of hydrogen-bond acceptors (Lipinski definition) is 2. The van der Waals surface area contributed by atoms with Crippen LogP contribution in [0, 0.1) is 6.92 Å². The van der Waals surface area contributed by atoms with E-state index in [4.69, 9.17) is 4.99 Å². The van der Waals surface area contributed by atoms with Crippen LogP contribution < -0.4 is 10.6 Å². The molecular weight excluding hydrogens is 461 g/mol. The quantitative estimate of drug-likeness (QED) is 0.321. The average Bonchev–Trinajstić information content (AvgIpc) is 2.98. The van der Waals surface area contributed by atoms with Gasteiger partial charge in [-0.2, -0.15) is 0 Å². The number of aromatic amines is 1. The number of piperidine rings is 1. The molecule has 1 aromatic carbocycles. The number of benzene rings is 1. The summed E-state index contributed by atoms with van der Waals surface area (Å²) in [5, 5.41) is 8.39. The second-order valence-electron chi connectivity index (χ2n) is 7.83. The number of hydrogen-bond donors (Lipinski definition) is 3. The van der Waals surface area contributed by atoms with Gasteiger partial charge in [0, 0.05) is 54.9 Å². The molecule has 1 aromatic heterocycles. The monoisotopic (exact) mass is 497 g/mol. The summed E-state index contributed by atoms with van der Waals surface area (Å²) >= 11 is 0. The van der Waals surface area contributed by atoms with Crippen molar-refractivity contribution < 1.29 is 0 Å². The molecule has 0 bridgehead atoms. The number of H-pyrrole nitrogens is 1. The van der Waals surface area contributed by atoms with E-state index in [1.54, 1.807) is 0 Å². The molecule has 0 aliphatic carbocycles. The number of guanidine groups is 1. The van der Waals surface area contributed by atoms with E-state index in [2.05, 4.69) is 72.5 Å². The van der Waals surface area contributed by atoms with Crippen LogP contribution >= 0.6 is 24.0 Å². The third kappa shape index (κ3) is 5.86. The predicted molar refractivity (Wildman–Crippen MR) is 131 cm³/mol. The zero-order valence-corrected chi connectivity index (χ0v) is 20.0. The molecule has 6 heteroatoms. The molecule has 3 rings (SSSR count). The number of halogens is 1. The van der Waals surface area contributed by atoms with E-state index in [1.807, 2.05) is 0 Å². The number of nitrogens with one attached hydrogen (secondary N) is 3. The van der Waals surface area contributed by atoms with Crippen molar-refractivity contribution in [3.8, 4) is 0 Å². The maximum absolute atomic E-state index is 4.85. The smallest absolute Gasteiger partial charge is 0.191 e. The summed E-state index contributed by atoms with van der Waals surface area (Å²) in [6.07, 6.45) is 3.33. The maximum atomic E-state index is 4.85. The maximum Gasteiger partial charge on any atom is 0.191 e. The Labute approximate surface area is 186 Å². The van der Waals surface area contributed by atoms with E-state index < -0.39 is 0 Å². The topological polar surface area (TPSA) is 55.5 Å².